The smallest absolute Gasteiger partial charge is 0.119 e. The van der Waals surface area contributed by atoms with Crippen molar-refractivity contribution < 1.29 is 4.74 Å². The van der Waals surface area contributed by atoms with Crippen LogP contribution in [0.2, 0.25) is 0 Å². The number of rotatable bonds is 7. The summed E-state index contributed by atoms with van der Waals surface area (Å²) in [7, 11) is 0. The van der Waals surface area contributed by atoms with Crippen molar-refractivity contribution in [2.24, 2.45) is 0 Å². The van der Waals surface area contributed by atoms with Crippen LogP contribution in [0.1, 0.15) is 59.1 Å². The van der Waals surface area contributed by atoms with Gasteiger partial charge in [0.05, 0.1) is 6.10 Å². The molecule has 0 unspecified atom stereocenters. The average Bonchev–Trinajstić information content (AvgIpc) is 2.39. The van der Waals surface area contributed by atoms with Gasteiger partial charge in [0.2, 0.25) is 0 Å². The molecular weight excluding hydrogens is 222 g/mol. The molecule has 0 saturated carbocycles. The first-order valence-corrected chi connectivity index (χ1v) is 7.09. The van der Waals surface area contributed by atoms with Gasteiger partial charge in [0.1, 0.15) is 5.75 Å². The Morgan fingerprint density at radius 1 is 1.00 bits per heavy atom. The molecule has 1 aromatic rings. The van der Waals surface area contributed by atoms with Crippen LogP contribution < -0.4 is 10.1 Å². The molecule has 0 aliphatic carbocycles. The zero-order valence-electron chi connectivity index (χ0n) is 12.4. The van der Waals surface area contributed by atoms with Crippen molar-refractivity contribution >= 4 is 0 Å². The fourth-order valence-electron chi connectivity index (χ4n) is 1.79. The number of hydrogen-bond donors (Lipinski definition) is 1. The second-order valence-electron chi connectivity index (χ2n) is 5.10. The summed E-state index contributed by atoms with van der Waals surface area (Å²) in [5.74, 6) is 0.962. The van der Waals surface area contributed by atoms with Crippen LogP contribution in [0.4, 0.5) is 0 Å². The van der Waals surface area contributed by atoms with E-state index in [4.69, 9.17) is 4.74 Å². The Morgan fingerprint density at radius 2 is 1.61 bits per heavy atom. The quantitative estimate of drug-likeness (QED) is 0.777. The van der Waals surface area contributed by atoms with Gasteiger partial charge >= 0.3 is 0 Å². The summed E-state index contributed by atoms with van der Waals surface area (Å²) in [4.78, 5) is 0. The Kier molecular flexibility index (Phi) is 6.20. The third kappa shape index (κ3) is 4.69. The fourth-order valence-corrected chi connectivity index (χ4v) is 1.79. The molecular formula is C16H27NO. The first-order valence-electron chi connectivity index (χ1n) is 7.09. The molecule has 1 rings (SSSR count). The molecule has 0 aliphatic heterocycles. The van der Waals surface area contributed by atoms with Gasteiger partial charge in [-0.3, -0.25) is 0 Å². The molecule has 0 amide bonds. The maximum absolute atomic E-state index is 5.78. The van der Waals surface area contributed by atoms with Crippen molar-refractivity contribution in [3.05, 3.63) is 29.8 Å². The van der Waals surface area contributed by atoms with Gasteiger partial charge in [-0.05, 0) is 51.3 Å². The van der Waals surface area contributed by atoms with Crippen LogP contribution in [-0.2, 0) is 0 Å². The molecule has 0 fully saturated rings. The predicted octanol–water partition coefficient (Wildman–Crippen LogP) is 4.31. The minimum atomic E-state index is 0.284. The molecule has 1 N–H and O–H groups in total. The first-order chi connectivity index (χ1) is 8.56. The van der Waals surface area contributed by atoms with Crippen molar-refractivity contribution in [3.63, 3.8) is 0 Å². The summed E-state index contributed by atoms with van der Waals surface area (Å²) >= 11 is 0. The maximum atomic E-state index is 5.78. The SMILES string of the molecule is CC[C@@H](C)N[C@@H](C)c1ccc(O[C@@H](C)CC)cc1. The van der Waals surface area contributed by atoms with Gasteiger partial charge < -0.3 is 10.1 Å². The Morgan fingerprint density at radius 3 is 2.11 bits per heavy atom. The molecule has 0 aliphatic rings. The zero-order chi connectivity index (χ0) is 13.5. The summed E-state index contributed by atoms with van der Waals surface area (Å²) in [6, 6.07) is 9.37. The van der Waals surface area contributed by atoms with Crippen LogP contribution >= 0.6 is 0 Å². The van der Waals surface area contributed by atoms with Crippen LogP contribution in [0.5, 0.6) is 5.75 Å². The largest absolute Gasteiger partial charge is 0.491 e. The van der Waals surface area contributed by atoms with Crippen LogP contribution in [0.3, 0.4) is 0 Å². The van der Waals surface area contributed by atoms with Gasteiger partial charge in [0.25, 0.3) is 0 Å². The number of nitrogens with one attached hydrogen (secondary N) is 1. The van der Waals surface area contributed by atoms with Gasteiger partial charge in [-0.2, -0.15) is 0 Å². The Balaban J connectivity index is 2.59. The van der Waals surface area contributed by atoms with E-state index in [0.29, 0.717) is 12.1 Å². The summed E-state index contributed by atoms with van der Waals surface area (Å²) < 4.78 is 5.78. The molecule has 2 heteroatoms. The van der Waals surface area contributed by atoms with E-state index in [1.165, 1.54) is 5.56 Å². The Labute approximate surface area is 112 Å². The predicted molar refractivity (Wildman–Crippen MR) is 78.1 cm³/mol. The van der Waals surface area contributed by atoms with Crippen LogP contribution in [0.15, 0.2) is 24.3 Å². The first kappa shape index (κ1) is 15.0. The molecule has 3 atom stereocenters. The van der Waals surface area contributed by atoms with E-state index in [0.717, 1.165) is 18.6 Å². The molecule has 0 spiro atoms. The lowest BCUT2D eigenvalue weighted by molar-refractivity contribution is 0.217. The molecule has 0 saturated heterocycles. The molecule has 18 heavy (non-hydrogen) atoms. The molecule has 0 heterocycles. The van der Waals surface area contributed by atoms with E-state index in [1.54, 1.807) is 0 Å². The second-order valence-corrected chi connectivity index (χ2v) is 5.10. The lowest BCUT2D eigenvalue weighted by atomic mass is 10.1. The standard InChI is InChI=1S/C16H27NO/c1-6-12(3)17-14(5)15-8-10-16(11-9-15)18-13(4)7-2/h8-14,17H,6-7H2,1-5H3/t12-,13+,14+/m1/s1. The monoisotopic (exact) mass is 249 g/mol. The minimum absolute atomic E-state index is 0.284. The number of ether oxygens (including phenoxy) is 1. The summed E-state index contributed by atoms with van der Waals surface area (Å²) in [6.45, 7) is 10.9. The van der Waals surface area contributed by atoms with Crippen LogP contribution in [0.25, 0.3) is 0 Å². The molecule has 2 nitrogen and oxygen atoms in total. The van der Waals surface area contributed by atoms with Gasteiger partial charge in [-0.1, -0.05) is 26.0 Å². The highest BCUT2D eigenvalue weighted by Crippen LogP contribution is 2.19. The summed E-state index contributed by atoms with van der Waals surface area (Å²) in [5, 5.41) is 3.58. The number of benzene rings is 1. The molecule has 0 aromatic heterocycles. The van der Waals surface area contributed by atoms with Gasteiger partial charge in [0.15, 0.2) is 0 Å². The molecule has 1 aromatic carbocycles. The van der Waals surface area contributed by atoms with E-state index in [-0.39, 0.29) is 6.10 Å². The van der Waals surface area contributed by atoms with E-state index >= 15 is 0 Å². The zero-order valence-corrected chi connectivity index (χ0v) is 12.4. The third-order valence-electron chi connectivity index (χ3n) is 3.44. The minimum Gasteiger partial charge on any atom is -0.491 e. The van der Waals surface area contributed by atoms with E-state index in [2.05, 4.69) is 64.2 Å². The van der Waals surface area contributed by atoms with E-state index in [1.807, 2.05) is 0 Å². The molecule has 0 radical (unpaired) electrons. The topological polar surface area (TPSA) is 21.3 Å². The van der Waals surface area contributed by atoms with Gasteiger partial charge in [-0.25, -0.2) is 0 Å². The van der Waals surface area contributed by atoms with Crippen LogP contribution in [0, 0.1) is 0 Å². The number of hydrogen-bond acceptors (Lipinski definition) is 2. The van der Waals surface area contributed by atoms with Crippen molar-refractivity contribution in [3.8, 4) is 5.75 Å². The lowest BCUT2D eigenvalue weighted by Crippen LogP contribution is -2.28. The lowest BCUT2D eigenvalue weighted by Gasteiger charge is -2.20. The summed E-state index contributed by atoms with van der Waals surface area (Å²) in [5.41, 5.74) is 1.31. The fraction of sp³-hybridized carbons (Fsp3) is 0.625. The van der Waals surface area contributed by atoms with Gasteiger partial charge in [0, 0.05) is 12.1 Å². The normalized spacial score (nSPS) is 16.1. The summed E-state index contributed by atoms with van der Waals surface area (Å²) in [6.07, 6.45) is 2.47. The van der Waals surface area contributed by atoms with Crippen molar-refractivity contribution in [2.75, 3.05) is 0 Å². The van der Waals surface area contributed by atoms with Gasteiger partial charge in [-0.15, -0.1) is 0 Å². The second kappa shape index (κ2) is 7.42. The highest BCUT2D eigenvalue weighted by Gasteiger charge is 2.08. The Bertz CT molecular complexity index is 333. The molecule has 102 valence electrons. The van der Waals surface area contributed by atoms with Crippen molar-refractivity contribution in [2.45, 2.75) is 65.6 Å². The Hall–Kier alpha value is -1.02. The average molecular weight is 249 g/mol. The van der Waals surface area contributed by atoms with Crippen molar-refractivity contribution in [1.82, 2.24) is 5.32 Å². The highest BCUT2D eigenvalue weighted by atomic mass is 16.5. The van der Waals surface area contributed by atoms with E-state index < -0.39 is 0 Å². The van der Waals surface area contributed by atoms with E-state index in [9.17, 15) is 0 Å². The van der Waals surface area contributed by atoms with Crippen LogP contribution in [-0.4, -0.2) is 12.1 Å². The highest BCUT2D eigenvalue weighted by molar-refractivity contribution is 5.29. The molecule has 0 bridgehead atoms. The van der Waals surface area contributed by atoms with Crippen molar-refractivity contribution in [1.29, 1.82) is 0 Å². The maximum Gasteiger partial charge on any atom is 0.119 e. The third-order valence-corrected chi connectivity index (χ3v) is 3.44.